The van der Waals surface area contributed by atoms with Gasteiger partial charge in [-0.1, -0.05) is 43.7 Å². The summed E-state index contributed by atoms with van der Waals surface area (Å²) in [6, 6.07) is 13.7. The number of hydroxylamine groups is 2. The molecule has 0 aliphatic carbocycles. The summed E-state index contributed by atoms with van der Waals surface area (Å²) in [7, 11) is 0. The summed E-state index contributed by atoms with van der Waals surface area (Å²) in [5.41, 5.74) is 2.11. The predicted molar refractivity (Wildman–Crippen MR) is 147 cm³/mol. The highest BCUT2D eigenvalue weighted by Crippen LogP contribution is 2.37. The molecule has 0 saturated carbocycles. The Hall–Kier alpha value is -4.56. The second-order valence-corrected chi connectivity index (χ2v) is 10.0. The van der Waals surface area contributed by atoms with Crippen LogP contribution in [0.1, 0.15) is 62.6 Å². The van der Waals surface area contributed by atoms with Crippen molar-refractivity contribution >= 4 is 34.7 Å². The first-order valence-corrected chi connectivity index (χ1v) is 13.6. The standard InChI is InChI=1S/C29H28N6O7/c1-2-3-8-16-11-7-12-18-20(16)28(40)35(27(18)39)42-23-22(37)19(13-36)41-29(23)34-15-32-21-24(30-14-31-25(21)34)33-26(38)17-9-5-4-6-10-17/h4-7,9-12,14-15,19,22-23,29,36-37H,2-3,8,13H2,1H3,(H,30,31,33,38)/t19-,22-,23-,29-/m1/s1. The van der Waals surface area contributed by atoms with E-state index >= 15 is 0 Å². The number of ether oxygens (including phenoxy) is 1. The maximum Gasteiger partial charge on any atom is 0.286 e. The van der Waals surface area contributed by atoms with Crippen LogP contribution >= 0.6 is 0 Å². The van der Waals surface area contributed by atoms with Crippen LogP contribution in [0.3, 0.4) is 0 Å². The smallest absolute Gasteiger partial charge is 0.286 e. The Labute approximate surface area is 239 Å². The van der Waals surface area contributed by atoms with E-state index in [0.717, 1.165) is 18.4 Å². The molecule has 4 atom stereocenters. The van der Waals surface area contributed by atoms with E-state index in [1.807, 2.05) is 13.0 Å². The molecule has 6 rings (SSSR count). The topological polar surface area (TPSA) is 169 Å². The summed E-state index contributed by atoms with van der Waals surface area (Å²) in [5.74, 6) is -1.55. The first-order chi connectivity index (χ1) is 20.4. The van der Waals surface area contributed by atoms with Crippen molar-refractivity contribution in [2.24, 2.45) is 0 Å². The average molecular weight is 573 g/mol. The van der Waals surface area contributed by atoms with Crippen molar-refractivity contribution in [2.75, 3.05) is 11.9 Å². The highest BCUT2D eigenvalue weighted by atomic mass is 16.7. The summed E-state index contributed by atoms with van der Waals surface area (Å²) in [5, 5.41) is 24.3. The van der Waals surface area contributed by atoms with Crippen molar-refractivity contribution in [2.45, 2.75) is 50.7 Å². The molecule has 13 nitrogen and oxygen atoms in total. The highest BCUT2D eigenvalue weighted by molar-refractivity contribution is 6.21. The lowest BCUT2D eigenvalue weighted by atomic mass is 9.98. The normalized spacial score (nSPS) is 21.7. The highest BCUT2D eigenvalue weighted by Gasteiger charge is 2.50. The fourth-order valence-electron chi connectivity index (χ4n) is 5.23. The molecule has 1 fully saturated rings. The van der Waals surface area contributed by atoms with E-state index in [0.29, 0.717) is 17.0 Å². The first-order valence-electron chi connectivity index (χ1n) is 13.6. The number of carbonyl (C=O) groups is 3. The van der Waals surface area contributed by atoms with Gasteiger partial charge in [-0.25, -0.2) is 15.0 Å². The van der Waals surface area contributed by atoms with Gasteiger partial charge < -0.3 is 20.3 Å². The van der Waals surface area contributed by atoms with E-state index in [1.54, 1.807) is 42.5 Å². The molecule has 1 saturated heterocycles. The van der Waals surface area contributed by atoms with E-state index in [2.05, 4.69) is 20.3 Å². The number of hydrogen-bond donors (Lipinski definition) is 3. The molecule has 0 bridgehead atoms. The minimum atomic E-state index is -1.42. The number of aliphatic hydroxyl groups excluding tert-OH is 2. The Balaban J connectivity index is 1.30. The van der Waals surface area contributed by atoms with Crippen LogP contribution in [0.4, 0.5) is 5.82 Å². The molecule has 42 heavy (non-hydrogen) atoms. The van der Waals surface area contributed by atoms with Crippen LogP contribution in [-0.2, 0) is 16.0 Å². The van der Waals surface area contributed by atoms with Gasteiger partial charge in [-0.3, -0.25) is 23.8 Å². The molecule has 2 aromatic carbocycles. The van der Waals surface area contributed by atoms with Gasteiger partial charge in [0, 0.05) is 5.56 Å². The van der Waals surface area contributed by atoms with Gasteiger partial charge >= 0.3 is 0 Å². The molecular formula is C29H28N6O7. The number of hydrogen-bond acceptors (Lipinski definition) is 10. The van der Waals surface area contributed by atoms with Crippen molar-refractivity contribution in [3.63, 3.8) is 0 Å². The Kier molecular flexibility index (Phi) is 7.47. The Morgan fingerprint density at radius 1 is 1.07 bits per heavy atom. The molecule has 3 N–H and O–H groups in total. The summed E-state index contributed by atoms with van der Waals surface area (Å²) in [6.07, 6.45) is 0.00810. The molecule has 0 unspecified atom stereocenters. The number of imidazole rings is 1. The van der Waals surface area contributed by atoms with Crippen LogP contribution in [-0.4, -0.2) is 77.4 Å². The molecular weight excluding hydrogens is 544 g/mol. The fourth-order valence-corrected chi connectivity index (χ4v) is 5.23. The lowest BCUT2D eigenvalue weighted by Crippen LogP contribution is -2.43. The van der Waals surface area contributed by atoms with Gasteiger partial charge in [0.2, 0.25) is 0 Å². The summed E-state index contributed by atoms with van der Waals surface area (Å²) in [6.45, 7) is 1.48. The molecule has 2 aliphatic rings. The van der Waals surface area contributed by atoms with Crippen LogP contribution < -0.4 is 5.32 Å². The first kappa shape index (κ1) is 27.6. The van der Waals surface area contributed by atoms with Crippen LogP contribution in [0, 0.1) is 0 Å². The third-order valence-corrected chi connectivity index (χ3v) is 7.38. The van der Waals surface area contributed by atoms with Gasteiger partial charge in [-0.05, 0) is 36.6 Å². The van der Waals surface area contributed by atoms with Crippen molar-refractivity contribution < 1.29 is 34.2 Å². The van der Waals surface area contributed by atoms with Gasteiger partial charge in [0.05, 0.1) is 24.1 Å². The summed E-state index contributed by atoms with van der Waals surface area (Å²) < 4.78 is 7.35. The Bertz CT molecular complexity index is 1660. The molecule has 4 aromatic rings. The number of aliphatic hydroxyl groups is 2. The molecule has 0 spiro atoms. The SMILES string of the molecule is CCCCc1cccc2c1C(=O)N(O[C@@H]1[C@H](O)[C@@H](CO)O[C@H]1n1cnc3c(NC(=O)c4ccccc4)ncnc31)C2=O. The molecule has 3 amide bonds. The van der Waals surface area contributed by atoms with Gasteiger partial charge in [0.25, 0.3) is 17.7 Å². The second kappa shape index (κ2) is 11.4. The monoisotopic (exact) mass is 572 g/mol. The second-order valence-electron chi connectivity index (χ2n) is 10.0. The molecule has 216 valence electrons. The van der Waals surface area contributed by atoms with E-state index < -0.39 is 48.9 Å². The van der Waals surface area contributed by atoms with Crippen molar-refractivity contribution in [1.29, 1.82) is 0 Å². The molecule has 2 aromatic heterocycles. The number of unbranched alkanes of at least 4 members (excludes halogenated alkanes) is 1. The van der Waals surface area contributed by atoms with Gasteiger partial charge in [0.1, 0.15) is 18.5 Å². The Morgan fingerprint density at radius 3 is 2.64 bits per heavy atom. The van der Waals surface area contributed by atoms with Gasteiger partial charge in [-0.15, -0.1) is 5.06 Å². The number of benzene rings is 2. The minimum Gasteiger partial charge on any atom is -0.394 e. The predicted octanol–water partition coefficient (Wildman–Crippen LogP) is 2.27. The third-order valence-electron chi connectivity index (χ3n) is 7.38. The molecule has 4 heterocycles. The zero-order valence-electron chi connectivity index (χ0n) is 22.6. The van der Waals surface area contributed by atoms with Crippen molar-refractivity contribution in [3.8, 4) is 0 Å². The summed E-state index contributed by atoms with van der Waals surface area (Å²) in [4.78, 5) is 58.2. The number of aryl methyl sites for hydroxylation is 1. The number of carbonyl (C=O) groups excluding carboxylic acids is 3. The Morgan fingerprint density at radius 2 is 1.88 bits per heavy atom. The fraction of sp³-hybridized carbons (Fsp3) is 0.310. The zero-order chi connectivity index (χ0) is 29.4. The average Bonchev–Trinajstić information content (AvgIpc) is 3.66. The number of aromatic nitrogens is 4. The minimum absolute atomic E-state index is 0.141. The van der Waals surface area contributed by atoms with Crippen LogP contribution in [0.25, 0.3) is 11.2 Å². The van der Waals surface area contributed by atoms with Crippen LogP contribution in [0.2, 0.25) is 0 Å². The van der Waals surface area contributed by atoms with E-state index in [4.69, 9.17) is 9.57 Å². The lowest BCUT2D eigenvalue weighted by Gasteiger charge is -2.25. The quantitative estimate of drug-likeness (QED) is 0.253. The van der Waals surface area contributed by atoms with E-state index in [9.17, 15) is 24.6 Å². The largest absolute Gasteiger partial charge is 0.394 e. The van der Waals surface area contributed by atoms with Crippen LogP contribution in [0.5, 0.6) is 0 Å². The third kappa shape index (κ3) is 4.71. The lowest BCUT2D eigenvalue weighted by molar-refractivity contribution is -0.177. The number of nitrogens with zero attached hydrogens (tertiary/aromatic N) is 5. The maximum absolute atomic E-state index is 13.4. The van der Waals surface area contributed by atoms with Crippen molar-refractivity contribution in [1.82, 2.24) is 24.6 Å². The molecule has 13 heteroatoms. The van der Waals surface area contributed by atoms with E-state index in [-0.39, 0.29) is 28.1 Å². The van der Waals surface area contributed by atoms with E-state index in [1.165, 1.54) is 17.2 Å². The number of rotatable bonds is 9. The van der Waals surface area contributed by atoms with Crippen LogP contribution in [0.15, 0.2) is 61.2 Å². The number of imide groups is 1. The number of fused-ring (bicyclic) bond motifs is 2. The van der Waals surface area contributed by atoms with Gasteiger partial charge in [-0.2, -0.15) is 0 Å². The number of nitrogens with one attached hydrogen (secondary N) is 1. The van der Waals surface area contributed by atoms with Gasteiger partial charge in [0.15, 0.2) is 29.3 Å². The molecule has 0 radical (unpaired) electrons. The zero-order valence-corrected chi connectivity index (χ0v) is 22.6. The number of anilines is 1. The summed E-state index contributed by atoms with van der Waals surface area (Å²) >= 11 is 0. The number of amides is 3. The van der Waals surface area contributed by atoms with Crippen molar-refractivity contribution in [3.05, 3.63) is 83.4 Å². The maximum atomic E-state index is 13.4. The molecule has 2 aliphatic heterocycles.